The fourth-order valence-corrected chi connectivity index (χ4v) is 2.67. The molecule has 0 radical (unpaired) electrons. The number of rotatable bonds is 7. The summed E-state index contributed by atoms with van der Waals surface area (Å²) in [5, 5.41) is 6.82. The lowest BCUT2D eigenvalue weighted by atomic mass is 10.1. The molecule has 1 aromatic heterocycles. The zero-order valence-electron chi connectivity index (χ0n) is 12.1. The second-order valence-electron chi connectivity index (χ2n) is 5.57. The zero-order chi connectivity index (χ0) is 13.6. The van der Waals surface area contributed by atoms with Crippen LogP contribution in [0.3, 0.4) is 0 Å². The van der Waals surface area contributed by atoms with Gasteiger partial charge in [0, 0.05) is 36.3 Å². The van der Waals surface area contributed by atoms with Crippen LogP contribution in [-0.4, -0.2) is 41.0 Å². The van der Waals surface area contributed by atoms with E-state index in [1.165, 1.54) is 16.5 Å². The standard InChI is InChI=1S/C13H25N3S2/c1-13(2,3)14-8-12-15-11(10-18-12)9-16(4)6-7-17-5/h10,14H,6-9H2,1-5H3. The van der Waals surface area contributed by atoms with Crippen LogP contribution in [0.4, 0.5) is 0 Å². The van der Waals surface area contributed by atoms with Gasteiger partial charge in [0.2, 0.25) is 0 Å². The molecule has 5 heteroatoms. The Hall–Kier alpha value is -0.100. The van der Waals surface area contributed by atoms with Gasteiger partial charge in [-0.3, -0.25) is 4.90 Å². The minimum Gasteiger partial charge on any atom is -0.306 e. The number of thiazole rings is 1. The van der Waals surface area contributed by atoms with E-state index in [1.807, 2.05) is 11.8 Å². The van der Waals surface area contributed by atoms with Crippen molar-refractivity contribution in [1.29, 1.82) is 0 Å². The maximum Gasteiger partial charge on any atom is 0.107 e. The van der Waals surface area contributed by atoms with E-state index in [0.717, 1.165) is 19.6 Å². The van der Waals surface area contributed by atoms with E-state index in [-0.39, 0.29) is 5.54 Å². The molecule has 0 atom stereocenters. The summed E-state index contributed by atoms with van der Waals surface area (Å²) in [6, 6.07) is 0. The first-order chi connectivity index (χ1) is 8.40. The fourth-order valence-electron chi connectivity index (χ4n) is 1.45. The molecule has 18 heavy (non-hydrogen) atoms. The van der Waals surface area contributed by atoms with Crippen molar-refractivity contribution in [1.82, 2.24) is 15.2 Å². The van der Waals surface area contributed by atoms with Gasteiger partial charge in [0.15, 0.2) is 0 Å². The van der Waals surface area contributed by atoms with Gasteiger partial charge in [0.25, 0.3) is 0 Å². The van der Waals surface area contributed by atoms with Gasteiger partial charge >= 0.3 is 0 Å². The van der Waals surface area contributed by atoms with Crippen LogP contribution in [0.25, 0.3) is 0 Å². The molecule has 0 bridgehead atoms. The summed E-state index contributed by atoms with van der Waals surface area (Å²) in [5.41, 5.74) is 1.34. The van der Waals surface area contributed by atoms with Gasteiger partial charge in [-0.2, -0.15) is 11.8 Å². The third kappa shape index (κ3) is 6.73. The monoisotopic (exact) mass is 287 g/mol. The molecule has 0 fully saturated rings. The molecule has 0 spiro atoms. The quantitative estimate of drug-likeness (QED) is 0.835. The average Bonchev–Trinajstić information content (AvgIpc) is 2.70. The second-order valence-corrected chi connectivity index (χ2v) is 7.49. The summed E-state index contributed by atoms with van der Waals surface area (Å²) in [6.07, 6.45) is 2.15. The predicted molar refractivity (Wildman–Crippen MR) is 83.4 cm³/mol. The van der Waals surface area contributed by atoms with Crippen molar-refractivity contribution >= 4 is 23.1 Å². The molecule has 0 unspecified atom stereocenters. The van der Waals surface area contributed by atoms with E-state index in [2.05, 4.69) is 54.7 Å². The van der Waals surface area contributed by atoms with Crippen LogP contribution < -0.4 is 5.32 Å². The number of hydrogen-bond acceptors (Lipinski definition) is 5. The van der Waals surface area contributed by atoms with Crippen molar-refractivity contribution in [2.24, 2.45) is 0 Å². The highest BCUT2D eigenvalue weighted by Crippen LogP contribution is 2.12. The summed E-state index contributed by atoms with van der Waals surface area (Å²) in [4.78, 5) is 6.99. The maximum atomic E-state index is 4.67. The Balaban J connectivity index is 2.38. The molecule has 1 aromatic rings. The fraction of sp³-hybridized carbons (Fsp3) is 0.769. The smallest absolute Gasteiger partial charge is 0.107 e. The van der Waals surface area contributed by atoms with Crippen molar-refractivity contribution in [2.45, 2.75) is 39.4 Å². The van der Waals surface area contributed by atoms with Gasteiger partial charge in [-0.05, 0) is 34.1 Å². The molecular formula is C13H25N3S2. The lowest BCUT2D eigenvalue weighted by Gasteiger charge is -2.19. The normalized spacial score (nSPS) is 12.3. The molecule has 0 aliphatic rings. The van der Waals surface area contributed by atoms with Crippen LogP contribution in [-0.2, 0) is 13.1 Å². The number of thioether (sulfide) groups is 1. The zero-order valence-corrected chi connectivity index (χ0v) is 13.7. The molecule has 0 saturated heterocycles. The van der Waals surface area contributed by atoms with E-state index in [9.17, 15) is 0 Å². The van der Waals surface area contributed by atoms with Crippen LogP contribution in [0.1, 0.15) is 31.5 Å². The molecule has 0 saturated carbocycles. The predicted octanol–water partition coefficient (Wildman–Crippen LogP) is 2.83. The van der Waals surface area contributed by atoms with Crippen molar-refractivity contribution < 1.29 is 0 Å². The second kappa shape index (κ2) is 7.48. The number of aromatic nitrogens is 1. The summed E-state index contributed by atoms with van der Waals surface area (Å²) in [5.74, 6) is 1.18. The van der Waals surface area contributed by atoms with E-state index >= 15 is 0 Å². The van der Waals surface area contributed by atoms with Crippen LogP contribution in [0.15, 0.2) is 5.38 Å². The van der Waals surface area contributed by atoms with Crippen LogP contribution in [0, 0.1) is 0 Å². The van der Waals surface area contributed by atoms with Gasteiger partial charge in [0.05, 0.1) is 5.69 Å². The summed E-state index contributed by atoms with van der Waals surface area (Å²) in [6.45, 7) is 9.47. The number of nitrogens with one attached hydrogen (secondary N) is 1. The molecule has 1 N–H and O–H groups in total. The highest BCUT2D eigenvalue weighted by Gasteiger charge is 2.10. The lowest BCUT2D eigenvalue weighted by Crippen LogP contribution is -2.35. The maximum absolute atomic E-state index is 4.67. The van der Waals surface area contributed by atoms with Crippen LogP contribution in [0.2, 0.25) is 0 Å². The van der Waals surface area contributed by atoms with Gasteiger partial charge < -0.3 is 5.32 Å². The molecular weight excluding hydrogens is 262 g/mol. The highest BCUT2D eigenvalue weighted by molar-refractivity contribution is 7.98. The van der Waals surface area contributed by atoms with Gasteiger partial charge in [-0.25, -0.2) is 4.98 Å². The molecule has 1 heterocycles. The summed E-state index contributed by atoms with van der Waals surface area (Å²) < 4.78 is 0. The first kappa shape index (κ1) is 16.0. The molecule has 1 rings (SSSR count). The van der Waals surface area contributed by atoms with Crippen molar-refractivity contribution in [3.05, 3.63) is 16.1 Å². The van der Waals surface area contributed by atoms with Crippen LogP contribution in [0.5, 0.6) is 0 Å². The Morgan fingerprint density at radius 1 is 1.44 bits per heavy atom. The molecule has 0 amide bonds. The van der Waals surface area contributed by atoms with Gasteiger partial charge in [-0.1, -0.05) is 0 Å². The van der Waals surface area contributed by atoms with Gasteiger partial charge in [-0.15, -0.1) is 11.3 Å². The third-order valence-electron chi connectivity index (χ3n) is 2.48. The van der Waals surface area contributed by atoms with E-state index in [1.54, 1.807) is 11.3 Å². The number of hydrogen-bond donors (Lipinski definition) is 1. The van der Waals surface area contributed by atoms with Crippen LogP contribution >= 0.6 is 23.1 Å². The first-order valence-electron chi connectivity index (χ1n) is 6.26. The molecule has 3 nitrogen and oxygen atoms in total. The summed E-state index contributed by atoms with van der Waals surface area (Å²) in [7, 11) is 2.16. The Kier molecular flexibility index (Phi) is 6.63. The van der Waals surface area contributed by atoms with E-state index in [4.69, 9.17) is 0 Å². The van der Waals surface area contributed by atoms with E-state index < -0.39 is 0 Å². The number of nitrogens with zero attached hydrogens (tertiary/aromatic N) is 2. The topological polar surface area (TPSA) is 28.2 Å². The lowest BCUT2D eigenvalue weighted by molar-refractivity contribution is 0.344. The Morgan fingerprint density at radius 2 is 2.17 bits per heavy atom. The minimum absolute atomic E-state index is 0.154. The first-order valence-corrected chi connectivity index (χ1v) is 8.54. The average molecular weight is 287 g/mol. The van der Waals surface area contributed by atoms with Gasteiger partial charge in [0.1, 0.15) is 5.01 Å². The van der Waals surface area contributed by atoms with Crippen molar-refractivity contribution in [3.8, 4) is 0 Å². The molecule has 104 valence electrons. The molecule has 0 aromatic carbocycles. The minimum atomic E-state index is 0.154. The van der Waals surface area contributed by atoms with E-state index in [0.29, 0.717) is 0 Å². The Labute approximate surface area is 119 Å². The Morgan fingerprint density at radius 3 is 2.78 bits per heavy atom. The largest absolute Gasteiger partial charge is 0.306 e. The molecule has 0 aliphatic carbocycles. The van der Waals surface area contributed by atoms with Crippen molar-refractivity contribution in [2.75, 3.05) is 25.6 Å². The molecule has 0 aliphatic heterocycles. The Bertz CT molecular complexity index is 344. The highest BCUT2D eigenvalue weighted by atomic mass is 32.2. The summed E-state index contributed by atoms with van der Waals surface area (Å²) >= 11 is 3.64. The third-order valence-corrected chi connectivity index (χ3v) is 3.97. The van der Waals surface area contributed by atoms with Crippen molar-refractivity contribution in [3.63, 3.8) is 0 Å². The SMILES string of the molecule is CSCCN(C)Cc1csc(CNC(C)(C)C)n1.